The van der Waals surface area contributed by atoms with E-state index in [4.69, 9.17) is 5.73 Å². The second-order valence-electron chi connectivity index (χ2n) is 2.43. The molecule has 2 N–H and O–H groups in total. The molecule has 0 saturated carbocycles. The monoisotopic (exact) mass is 154 g/mol. The van der Waals surface area contributed by atoms with Crippen LogP contribution in [0.15, 0.2) is 18.3 Å². The molecule has 0 aliphatic rings. The topological polar surface area (TPSA) is 38.9 Å². The molecule has 0 saturated heterocycles. The van der Waals surface area contributed by atoms with Crippen LogP contribution in [0.2, 0.25) is 0 Å². The number of hydrogen-bond acceptors (Lipinski definition) is 2. The van der Waals surface area contributed by atoms with Gasteiger partial charge in [-0.15, -0.1) is 0 Å². The van der Waals surface area contributed by atoms with E-state index in [0.29, 0.717) is 5.56 Å². The second kappa shape index (κ2) is 3.44. The highest BCUT2D eigenvalue weighted by atomic mass is 19.1. The number of aromatic nitrogens is 1. The van der Waals surface area contributed by atoms with Crippen LogP contribution in [0.25, 0.3) is 0 Å². The quantitative estimate of drug-likeness (QED) is 0.698. The molecule has 1 unspecified atom stereocenters. The van der Waals surface area contributed by atoms with Gasteiger partial charge in [-0.25, -0.2) is 4.39 Å². The average Bonchev–Trinajstić information content (AvgIpc) is 2.03. The minimum Gasteiger partial charge on any atom is -0.327 e. The van der Waals surface area contributed by atoms with Crippen LogP contribution in [-0.4, -0.2) is 11.5 Å². The SMILES string of the molecule is Cc1cc(C(F)CN)ccn1. The summed E-state index contributed by atoms with van der Waals surface area (Å²) in [5.41, 5.74) is 6.59. The Morgan fingerprint density at radius 1 is 1.73 bits per heavy atom. The Bertz CT molecular complexity index is 237. The van der Waals surface area contributed by atoms with Crippen LogP contribution in [0.3, 0.4) is 0 Å². The fraction of sp³-hybridized carbons (Fsp3) is 0.375. The van der Waals surface area contributed by atoms with Crippen molar-refractivity contribution >= 4 is 0 Å². The molecule has 3 heteroatoms. The first-order valence-corrected chi connectivity index (χ1v) is 3.50. The lowest BCUT2D eigenvalue weighted by molar-refractivity contribution is 0.352. The van der Waals surface area contributed by atoms with Crippen LogP contribution >= 0.6 is 0 Å². The van der Waals surface area contributed by atoms with Gasteiger partial charge in [0.2, 0.25) is 0 Å². The number of pyridine rings is 1. The number of hydrogen-bond donors (Lipinski definition) is 1. The van der Waals surface area contributed by atoms with Gasteiger partial charge in [-0.2, -0.15) is 0 Å². The smallest absolute Gasteiger partial charge is 0.137 e. The molecule has 60 valence electrons. The maximum absolute atomic E-state index is 12.9. The first-order valence-electron chi connectivity index (χ1n) is 3.50. The normalized spacial score (nSPS) is 13.0. The van der Waals surface area contributed by atoms with Crippen molar-refractivity contribution in [2.75, 3.05) is 6.54 Å². The Hall–Kier alpha value is -0.960. The molecule has 0 fully saturated rings. The van der Waals surface area contributed by atoms with Crippen molar-refractivity contribution in [3.05, 3.63) is 29.6 Å². The number of alkyl halides is 1. The van der Waals surface area contributed by atoms with Gasteiger partial charge >= 0.3 is 0 Å². The minimum atomic E-state index is -1.06. The minimum absolute atomic E-state index is 0.0312. The largest absolute Gasteiger partial charge is 0.327 e. The van der Waals surface area contributed by atoms with Gasteiger partial charge in [0.25, 0.3) is 0 Å². The third-order valence-corrected chi connectivity index (χ3v) is 1.49. The van der Waals surface area contributed by atoms with Gasteiger partial charge in [0.05, 0.1) is 0 Å². The highest BCUT2D eigenvalue weighted by Crippen LogP contribution is 2.14. The molecule has 1 atom stereocenters. The van der Waals surface area contributed by atoms with Crippen molar-refractivity contribution in [3.8, 4) is 0 Å². The molecule has 0 spiro atoms. The third kappa shape index (κ3) is 1.98. The molecule has 2 nitrogen and oxygen atoms in total. The molecule has 11 heavy (non-hydrogen) atoms. The van der Waals surface area contributed by atoms with Crippen molar-refractivity contribution in [2.24, 2.45) is 5.73 Å². The summed E-state index contributed by atoms with van der Waals surface area (Å²) in [6.07, 6.45) is 0.532. The van der Waals surface area contributed by atoms with Crippen molar-refractivity contribution in [2.45, 2.75) is 13.1 Å². The van der Waals surface area contributed by atoms with Gasteiger partial charge in [0.1, 0.15) is 6.17 Å². The highest BCUT2D eigenvalue weighted by molar-refractivity contribution is 5.18. The van der Waals surface area contributed by atoms with E-state index in [0.717, 1.165) is 5.69 Å². The summed E-state index contributed by atoms with van der Waals surface area (Å²) in [6.45, 7) is 1.86. The second-order valence-corrected chi connectivity index (χ2v) is 2.43. The predicted molar refractivity (Wildman–Crippen MR) is 41.9 cm³/mol. The van der Waals surface area contributed by atoms with E-state index in [1.807, 2.05) is 6.92 Å². The third-order valence-electron chi connectivity index (χ3n) is 1.49. The van der Waals surface area contributed by atoms with E-state index in [9.17, 15) is 4.39 Å². The van der Waals surface area contributed by atoms with E-state index in [2.05, 4.69) is 4.98 Å². The molecule has 0 aliphatic carbocycles. The molecule has 0 amide bonds. The summed E-state index contributed by atoms with van der Waals surface area (Å²) in [5.74, 6) is 0. The lowest BCUT2D eigenvalue weighted by Crippen LogP contribution is -2.07. The van der Waals surface area contributed by atoms with Crippen LogP contribution in [0, 0.1) is 6.92 Å². The van der Waals surface area contributed by atoms with Crippen molar-refractivity contribution in [1.82, 2.24) is 4.98 Å². The number of rotatable bonds is 2. The summed E-state index contributed by atoms with van der Waals surface area (Å²) >= 11 is 0. The molecular weight excluding hydrogens is 143 g/mol. The van der Waals surface area contributed by atoms with Crippen LogP contribution in [0.5, 0.6) is 0 Å². The molecule has 0 bridgehead atoms. The van der Waals surface area contributed by atoms with Crippen LogP contribution < -0.4 is 5.73 Å². The lowest BCUT2D eigenvalue weighted by atomic mass is 10.1. The van der Waals surface area contributed by atoms with Crippen molar-refractivity contribution < 1.29 is 4.39 Å². The average molecular weight is 154 g/mol. The maximum atomic E-state index is 12.9. The molecule has 0 aliphatic heterocycles. The van der Waals surface area contributed by atoms with E-state index in [-0.39, 0.29) is 6.54 Å². The van der Waals surface area contributed by atoms with Crippen molar-refractivity contribution in [3.63, 3.8) is 0 Å². The van der Waals surface area contributed by atoms with Gasteiger partial charge in [-0.1, -0.05) is 0 Å². The number of halogens is 1. The molecular formula is C8H11FN2. The zero-order chi connectivity index (χ0) is 8.27. The summed E-state index contributed by atoms with van der Waals surface area (Å²) in [7, 11) is 0. The Morgan fingerprint density at radius 2 is 2.45 bits per heavy atom. The predicted octanol–water partition coefficient (Wildman–Crippen LogP) is 1.36. The van der Waals surface area contributed by atoms with Gasteiger partial charge in [0, 0.05) is 18.4 Å². The first kappa shape index (κ1) is 8.14. The molecule has 1 aromatic rings. The molecule has 0 aromatic carbocycles. The van der Waals surface area contributed by atoms with Crippen molar-refractivity contribution in [1.29, 1.82) is 0 Å². The van der Waals surface area contributed by atoms with Gasteiger partial charge in [-0.05, 0) is 24.6 Å². The van der Waals surface area contributed by atoms with E-state index in [1.165, 1.54) is 0 Å². The maximum Gasteiger partial charge on any atom is 0.137 e. The molecule has 0 radical (unpaired) electrons. The first-order chi connectivity index (χ1) is 5.24. The van der Waals surface area contributed by atoms with Crippen LogP contribution in [0.1, 0.15) is 17.4 Å². The van der Waals surface area contributed by atoms with Gasteiger partial charge < -0.3 is 5.73 Å². The Morgan fingerprint density at radius 3 is 3.00 bits per heavy atom. The fourth-order valence-electron chi connectivity index (χ4n) is 0.898. The highest BCUT2D eigenvalue weighted by Gasteiger charge is 2.05. The lowest BCUT2D eigenvalue weighted by Gasteiger charge is -2.04. The molecule has 1 heterocycles. The summed E-state index contributed by atoms with van der Waals surface area (Å²) in [6, 6.07) is 3.35. The summed E-state index contributed by atoms with van der Waals surface area (Å²) < 4.78 is 12.9. The summed E-state index contributed by atoms with van der Waals surface area (Å²) in [5, 5.41) is 0. The number of aryl methyl sites for hydroxylation is 1. The Balaban J connectivity index is 2.86. The van der Waals surface area contributed by atoms with E-state index in [1.54, 1.807) is 18.3 Å². The molecule has 1 rings (SSSR count). The molecule has 1 aromatic heterocycles. The fourth-order valence-corrected chi connectivity index (χ4v) is 0.898. The zero-order valence-electron chi connectivity index (χ0n) is 6.42. The van der Waals surface area contributed by atoms with Crippen LogP contribution in [-0.2, 0) is 0 Å². The van der Waals surface area contributed by atoms with Crippen LogP contribution in [0.4, 0.5) is 4.39 Å². The Kier molecular flexibility index (Phi) is 2.54. The van der Waals surface area contributed by atoms with E-state index < -0.39 is 6.17 Å². The number of nitrogens with two attached hydrogens (primary N) is 1. The van der Waals surface area contributed by atoms with Gasteiger partial charge in [-0.3, -0.25) is 4.98 Å². The zero-order valence-corrected chi connectivity index (χ0v) is 6.42. The standard InChI is InChI=1S/C8H11FN2/c1-6-4-7(2-3-11-6)8(9)5-10/h2-4,8H,5,10H2,1H3. The number of nitrogens with zero attached hydrogens (tertiary/aromatic N) is 1. The summed E-state index contributed by atoms with van der Waals surface area (Å²) in [4.78, 5) is 3.95. The Labute approximate surface area is 65.3 Å². The van der Waals surface area contributed by atoms with E-state index >= 15 is 0 Å². The van der Waals surface area contributed by atoms with Gasteiger partial charge in [0.15, 0.2) is 0 Å².